The summed E-state index contributed by atoms with van der Waals surface area (Å²) in [7, 11) is 0. The number of phenols is 1. The van der Waals surface area contributed by atoms with Gasteiger partial charge in [-0.3, -0.25) is 4.79 Å². The van der Waals surface area contributed by atoms with Crippen LogP contribution in [-0.2, 0) is 6.42 Å². The summed E-state index contributed by atoms with van der Waals surface area (Å²) in [6.45, 7) is 4.04. The van der Waals surface area contributed by atoms with Crippen LogP contribution in [0, 0.1) is 0 Å². The number of unbranched alkanes of at least 4 members (excludes halogenated alkanes) is 1. The van der Waals surface area contributed by atoms with Gasteiger partial charge in [0, 0.05) is 5.56 Å². The van der Waals surface area contributed by atoms with Crippen LogP contribution in [0.25, 0.3) is 0 Å². The van der Waals surface area contributed by atoms with Crippen LogP contribution in [0.2, 0.25) is 0 Å². The van der Waals surface area contributed by atoms with E-state index >= 15 is 0 Å². The van der Waals surface area contributed by atoms with Crippen molar-refractivity contribution >= 4 is 5.78 Å². The molecular formula is C15H22O3. The topological polar surface area (TPSA) is 57.5 Å². The second-order valence-electron chi connectivity index (χ2n) is 4.62. The van der Waals surface area contributed by atoms with Gasteiger partial charge in [-0.15, -0.1) is 0 Å². The van der Waals surface area contributed by atoms with Crippen LogP contribution in [-0.4, -0.2) is 22.1 Å². The SMILES string of the molecule is CCCCC(O)C(=O)c1ccc(O)c(CCC)c1. The molecule has 1 aromatic carbocycles. The summed E-state index contributed by atoms with van der Waals surface area (Å²) in [6.07, 6.45) is 3.01. The largest absolute Gasteiger partial charge is 0.508 e. The molecule has 1 unspecified atom stereocenters. The highest BCUT2D eigenvalue weighted by Gasteiger charge is 2.17. The van der Waals surface area contributed by atoms with Crippen LogP contribution in [0.15, 0.2) is 18.2 Å². The lowest BCUT2D eigenvalue weighted by molar-refractivity contribution is 0.0726. The van der Waals surface area contributed by atoms with Crippen molar-refractivity contribution in [2.45, 2.75) is 52.1 Å². The molecule has 100 valence electrons. The lowest BCUT2D eigenvalue weighted by atomic mass is 9.98. The summed E-state index contributed by atoms with van der Waals surface area (Å²) in [5.74, 6) is -0.0303. The molecule has 0 aliphatic carbocycles. The zero-order chi connectivity index (χ0) is 13.5. The van der Waals surface area contributed by atoms with Gasteiger partial charge in [-0.05, 0) is 36.6 Å². The van der Waals surface area contributed by atoms with E-state index in [1.807, 2.05) is 13.8 Å². The highest BCUT2D eigenvalue weighted by molar-refractivity contribution is 5.99. The second kappa shape index (κ2) is 7.17. The van der Waals surface area contributed by atoms with Gasteiger partial charge >= 0.3 is 0 Å². The van der Waals surface area contributed by atoms with Gasteiger partial charge in [0.05, 0.1) is 0 Å². The Labute approximate surface area is 108 Å². The third-order valence-corrected chi connectivity index (χ3v) is 3.02. The predicted octanol–water partition coefficient (Wildman–Crippen LogP) is 3.08. The average molecular weight is 250 g/mol. The summed E-state index contributed by atoms with van der Waals surface area (Å²) >= 11 is 0. The Balaban J connectivity index is 2.82. The Kier molecular flexibility index (Phi) is 5.86. The second-order valence-corrected chi connectivity index (χ2v) is 4.62. The number of ketones is 1. The summed E-state index contributed by atoms with van der Waals surface area (Å²) in [6, 6.07) is 4.80. The van der Waals surface area contributed by atoms with Gasteiger partial charge in [0.15, 0.2) is 5.78 Å². The Bertz CT molecular complexity index is 399. The molecule has 0 aliphatic heterocycles. The van der Waals surface area contributed by atoms with Crippen molar-refractivity contribution < 1.29 is 15.0 Å². The summed E-state index contributed by atoms with van der Waals surface area (Å²) < 4.78 is 0. The molecule has 3 nitrogen and oxygen atoms in total. The lowest BCUT2D eigenvalue weighted by Gasteiger charge is -2.11. The molecule has 2 N–H and O–H groups in total. The van der Waals surface area contributed by atoms with Gasteiger partial charge in [0.1, 0.15) is 11.9 Å². The van der Waals surface area contributed by atoms with Gasteiger partial charge < -0.3 is 10.2 Å². The van der Waals surface area contributed by atoms with E-state index in [2.05, 4.69) is 0 Å². The summed E-state index contributed by atoms with van der Waals surface area (Å²) in [5.41, 5.74) is 1.26. The first kappa shape index (κ1) is 14.7. The number of hydrogen-bond acceptors (Lipinski definition) is 3. The molecule has 0 aromatic heterocycles. The molecule has 0 amide bonds. The molecule has 3 heteroatoms. The van der Waals surface area contributed by atoms with E-state index in [-0.39, 0.29) is 11.5 Å². The Hall–Kier alpha value is -1.35. The number of carbonyl (C=O) groups excluding carboxylic acids is 1. The Morgan fingerprint density at radius 1 is 1.28 bits per heavy atom. The molecule has 0 heterocycles. The number of carbonyl (C=O) groups is 1. The van der Waals surface area contributed by atoms with Gasteiger partial charge in [-0.1, -0.05) is 33.1 Å². The van der Waals surface area contributed by atoms with Crippen molar-refractivity contribution in [3.8, 4) is 5.75 Å². The monoisotopic (exact) mass is 250 g/mol. The fraction of sp³-hybridized carbons (Fsp3) is 0.533. The minimum absolute atomic E-state index is 0.219. The number of rotatable bonds is 7. The number of phenolic OH excluding ortho intramolecular Hbond substituents is 1. The molecule has 1 atom stereocenters. The maximum Gasteiger partial charge on any atom is 0.191 e. The first-order chi connectivity index (χ1) is 8.60. The first-order valence-electron chi connectivity index (χ1n) is 6.64. The Morgan fingerprint density at radius 3 is 2.61 bits per heavy atom. The molecule has 0 radical (unpaired) electrons. The third kappa shape index (κ3) is 3.84. The lowest BCUT2D eigenvalue weighted by Crippen LogP contribution is -2.20. The molecule has 0 saturated heterocycles. The van der Waals surface area contributed by atoms with Crippen LogP contribution in [0.4, 0.5) is 0 Å². The van der Waals surface area contributed by atoms with Crippen LogP contribution in [0.5, 0.6) is 5.75 Å². The number of benzene rings is 1. The molecule has 0 spiro atoms. The normalized spacial score (nSPS) is 12.4. The average Bonchev–Trinajstić information content (AvgIpc) is 2.38. The van der Waals surface area contributed by atoms with E-state index in [9.17, 15) is 15.0 Å². The summed E-state index contributed by atoms with van der Waals surface area (Å²) in [4.78, 5) is 12.0. The van der Waals surface area contributed by atoms with Crippen molar-refractivity contribution in [1.29, 1.82) is 0 Å². The molecule has 0 bridgehead atoms. The van der Waals surface area contributed by atoms with E-state index in [1.54, 1.807) is 12.1 Å². The van der Waals surface area contributed by atoms with Crippen LogP contribution >= 0.6 is 0 Å². The Morgan fingerprint density at radius 2 is 2.00 bits per heavy atom. The van der Waals surface area contributed by atoms with Crippen molar-refractivity contribution in [2.24, 2.45) is 0 Å². The van der Waals surface area contributed by atoms with Gasteiger partial charge in [0.2, 0.25) is 0 Å². The van der Waals surface area contributed by atoms with E-state index < -0.39 is 6.10 Å². The van der Waals surface area contributed by atoms with Crippen LogP contribution in [0.1, 0.15) is 55.5 Å². The zero-order valence-corrected chi connectivity index (χ0v) is 11.1. The molecule has 1 aromatic rings. The third-order valence-electron chi connectivity index (χ3n) is 3.02. The van der Waals surface area contributed by atoms with Gasteiger partial charge in [0.25, 0.3) is 0 Å². The predicted molar refractivity (Wildman–Crippen MR) is 72.0 cm³/mol. The van der Waals surface area contributed by atoms with Crippen LogP contribution in [0.3, 0.4) is 0 Å². The molecule has 1 rings (SSSR count). The van der Waals surface area contributed by atoms with E-state index in [0.717, 1.165) is 31.2 Å². The smallest absolute Gasteiger partial charge is 0.191 e. The fourth-order valence-corrected chi connectivity index (χ4v) is 1.93. The number of aliphatic hydroxyl groups is 1. The van der Waals surface area contributed by atoms with Crippen molar-refractivity contribution in [3.63, 3.8) is 0 Å². The van der Waals surface area contributed by atoms with E-state index in [1.165, 1.54) is 6.07 Å². The molecule has 18 heavy (non-hydrogen) atoms. The highest BCUT2D eigenvalue weighted by Crippen LogP contribution is 2.21. The number of aromatic hydroxyl groups is 1. The minimum Gasteiger partial charge on any atom is -0.508 e. The fourth-order valence-electron chi connectivity index (χ4n) is 1.93. The van der Waals surface area contributed by atoms with Gasteiger partial charge in [-0.25, -0.2) is 0 Å². The van der Waals surface area contributed by atoms with Crippen molar-refractivity contribution in [1.82, 2.24) is 0 Å². The summed E-state index contributed by atoms with van der Waals surface area (Å²) in [5, 5.41) is 19.4. The van der Waals surface area contributed by atoms with E-state index in [4.69, 9.17) is 0 Å². The van der Waals surface area contributed by atoms with E-state index in [0.29, 0.717) is 12.0 Å². The molecule has 0 fully saturated rings. The maximum atomic E-state index is 12.0. The molecular weight excluding hydrogens is 228 g/mol. The minimum atomic E-state index is -0.927. The standard InChI is InChI=1S/C15H22O3/c1-3-5-7-14(17)15(18)12-8-9-13(16)11(10-12)6-4-2/h8-10,14,16-17H,3-7H2,1-2H3. The zero-order valence-electron chi connectivity index (χ0n) is 11.1. The van der Waals surface area contributed by atoms with Crippen molar-refractivity contribution in [2.75, 3.05) is 0 Å². The maximum absolute atomic E-state index is 12.0. The van der Waals surface area contributed by atoms with Crippen LogP contribution < -0.4 is 0 Å². The quantitative estimate of drug-likeness (QED) is 0.731. The first-order valence-corrected chi connectivity index (χ1v) is 6.64. The molecule has 0 aliphatic rings. The number of aliphatic hydroxyl groups excluding tert-OH is 1. The van der Waals surface area contributed by atoms with Crippen molar-refractivity contribution in [3.05, 3.63) is 29.3 Å². The number of aryl methyl sites for hydroxylation is 1. The van der Waals surface area contributed by atoms with Gasteiger partial charge in [-0.2, -0.15) is 0 Å². The molecule has 0 saturated carbocycles. The number of hydrogen-bond donors (Lipinski definition) is 2. The highest BCUT2D eigenvalue weighted by atomic mass is 16.3. The number of Topliss-reactive ketones (excluding diaryl/α,β-unsaturated/α-hetero) is 1.